The van der Waals surface area contributed by atoms with Gasteiger partial charge in [0.25, 0.3) is 5.91 Å². The monoisotopic (exact) mass is 264 g/mol. The van der Waals surface area contributed by atoms with Crippen molar-refractivity contribution in [2.45, 2.75) is 31.7 Å². The molecule has 5 heteroatoms. The molecule has 100 valence electrons. The lowest BCUT2D eigenvalue weighted by Gasteiger charge is -2.25. The second-order valence-electron chi connectivity index (χ2n) is 4.78. The van der Waals surface area contributed by atoms with Gasteiger partial charge in [0.05, 0.1) is 11.6 Å². The third-order valence-electron chi connectivity index (χ3n) is 3.42. The van der Waals surface area contributed by atoms with Crippen LogP contribution in [-0.4, -0.2) is 11.9 Å². The molecule has 0 unspecified atom stereocenters. The maximum Gasteiger partial charge on any atom is 0.254 e. The summed E-state index contributed by atoms with van der Waals surface area (Å²) >= 11 is 0. The van der Waals surface area contributed by atoms with E-state index in [1.807, 2.05) is 0 Å². The molecule has 0 atom stereocenters. The van der Waals surface area contributed by atoms with E-state index in [4.69, 9.17) is 5.26 Å². The molecule has 1 aromatic carbocycles. The molecule has 1 aromatic rings. The van der Waals surface area contributed by atoms with Gasteiger partial charge in [-0.15, -0.1) is 0 Å². The number of carbonyl (C=O) groups excluding carboxylic acids is 1. The molecule has 0 heterocycles. The lowest BCUT2D eigenvalue weighted by molar-refractivity contribution is 0.0920. The Balaban J connectivity index is 1.98. The first-order valence-corrected chi connectivity index (χ1v) is 6.25. The van der Waals surface area contributed by atoms with E-state index in [9.17, 15) is 13.6 Å². The van der Waals surface area contributed by atoms with Gasteiger partial charge in [-0.1, -0.05) is 0 Å². The molecule has 1 saturated carbocycles. The summed E-state index contributed by atoms with van der Waals surface area (Å²) in [6.45, 7) is 0. The average Bonchev–Trinajstić information content (AvgIpc) is 2.42. The summed E-state index contributed by atoms with van der Waals surface area (Å²) in [5.41, 5.74) is -0.276. The molecule has 1 aliphatic carbocycles. The van der Waals surface area contributed by atoms with Crippen LogP contribution in [0.1, 0.15) is 36.0 Å². The van der Waals surface area contributed by atoms with E-state index in [1.54, 1.807) is 0 Å². The fourth-order valence-electron chi connectivity index (χ4n) is 2.30. The van der Waals surface area contributed by atoms with Crippen molar-refractivity contribution in [2.24, 2.45) is 5.92 Å². The second kappa shape index (κ2) is 5.79. The Morgan fingerprint density at radius 1 is 1.26 bits per heavy atom. The minimum Gasteiger partial charge on any atom is -0.349 e. The van der Waals surface area contributed by atoms with Crippen molar-refractivity contribution in [1.82, 2.24) is 5.32 Å². The maximum absolute atomic E-state index is 13.4. The zero-order valence-corrected chi connectivity index (χ0v) is 10.3. The third kappa shape index (κ3) is 3.28. The first kappa shape index (κ1) is 13.5. The second-order valence-corrected chi connectivity index (χ2v) is 4.78. The maximum atomic E-state index is 13.4. The van der Waals surface area contributed by atoms with Crippen molar-refractivity contribution in [2.75, 3.05) is 0 Å². The van der Waals surface area contributed by atoms with Crippen molar-refractivity contribution >= 4 is 5.91 Å². The largest absolute Gasteiger partial charge is 0.349 e. The van der Waals surface area contributed by atoms with Crippen LogP contribution in [0, 0.1) is 28.9 Å². The number of nitrogens with one attached hydrogen (secondary N) is 1. The Bertz CT molecular complexity index is 517. The highest BCUT2D eigenvalue weighted by Crippen LogP contribution is 2.23. The topological polar surface area (TPSA) is 52.9 Å². The Kier molecular flexibility index (Phi) is 4.10. The van der Waals surface area contributed by atoms with Gasteiger partial charge >= 0.3 is 0 Å². The molecule has 1 fully saturated rings. The fraction of sp³-hybridized carbons (Fsp3) is 0.429. The summed E-state index contributed by atoms with van der Waals surface area (Å²) in [6, 6.07) is 4.95. The molecule has 1 aliphatic rings. The van der Waals surface area contributed by atoms with Crippen molar-refractivity contribution in [3.05, 3.63) is 35.4 Å². The molecule has 19 heavy (non-hydrogen) atoms. The van der Waals surface area contributed by atoms with Crippen molar-refractivity contribution in [3.63, 3.8) is 0 Å². The first-order valence-electron chi connectivity index (χ1n) is 6.25. The summed E-state index contributed by atoms with van der Waals surface area (Å²) in [4.78, 5) is 11.9. The molecule has 0 saturated heterocycles. The van der Waals surface area contributed by atoms with Gasteiger partial charge in [-0.05, 0) is 43.9 Å². The number of benzene rings is 1. The Morgan fingerprint density at radius 3 is 2.58 bits per heavy atom. The van der Waals surface area contributed by atoms with Gasteiger partial charge in [-0.2, -0.15) is 5.26 Å². The van der Waals surface area contributed by atoms with Crippen LogP contribution in [0.15, 0.2) is 18.2 Å². The van der Waals surface area contributed by atoms with E-state index >= 15 is 0 Å². The summed E-state index contributed by atoms with van der Waals surface area (Å²) < 4.78 is 26.4. The minimum atomic E-state index is -0.732. The predicted octanol–water partition coefficient (Wildman–Crippen LogP) is 2.78. The summed E-state index contributed by atoms with van der Waals surface area (Å²) in [6.07, 6.45) is 2.85. The van der Waals surface area contributed by atoms with E-state index in [-0.39, 0.29) is 17.5 Å². The Hall–Kier alpha value is -1.96. The summed E-state index contributed by atoms with van der Waals surface area (Å²) in [7, 11) is 0. The minimum absolute atomic E-state index is 0.0408. The van der Waals surface area contributed by atoms with Crippen LogP contribution in [0.2, 0.25) is 0 Å². The quantitative estimate of drug-likeness (QED) is 0.893. The molecule has 0 spiro atoms. The number of hydrogen-bond acceptors (Lipinski definition) is 2. The van der Waals surface area contributed by atoms with Crippen LogP contribution in [-0.2, 0) is 0 Å². The number of carbonyl (C=O) groups is 1. The highest BCUT2D eigenvalue weighted by molar-refractivity contribution is 5.94. The van der Waals surface area contributed by atoms with Crippen LogP contribution in [0.3, 0.4) is 0 Å². The molecule has 1 amide bonds. The number of hydrogen-bond donors (Lipinski definition) is 1. The van der Waals surface area contributed by atoms with Gasteiger partial charge in [0.15, 0.2) is 0 Å². The van der Waals surface area contributed by atoms with Gasteiger partial charge in [-0.3, -0.25) is 4.79 Å². The van der Waals surface area contributed by atoms with Crippen molar-refractivity contribution in [3.8, 4) is 6.07 Å². The third-order valence-corrected chi connectivity index (χ3v) is 3.42. The number of amides is 1. The highest BCUT2D eigenvalue weighted by atomic mass is 19.1. The predicted molar refractivity (Wildman–Crippen MR) is 65.2 cm³/mol. The van der Waals surface area contributed by atoms with Crippen LogP contribution in [0.4, 0.5) is 8.78 Å². The van der Waals surface area contributed by atoms with Gasteiger partial charge in [0, 0.05) is 12.0 Å². The normalized spacial score (nSPS) is 22.6. The van der Waals surface area contributed by atoms with Crippen molar-refractivity contribution < 1.29 is 13.6 Å². The highest BCUT2D eigenvalue weighted by Gasteiger charge is 2.23. The van der Waals surface area contributed by atoms with Crippen molar-refractivity contribution in [1.29, 1.82) is 5.26 Å². The number of nitriles is 1. The summed E-state index contributed by atoms with van der Waals surface area (Å²) in [5.74, 6) is -1.93. The van der Waals surface area contributed by atoms with E-state index in [1.165, 1.54) is 0 Å². The zero-order valence-electron chi connectivity index (χ0n) is 10.3. The van der Waals surface area contributed by atoms with Crippen LogP contribution in [0.5, 0.6) is 0 Å². The lowest BCUT2D eigenvalue weighted by atomic mass is 9.87. The molecule has 0 radical (unpaired) electrons. The number of rotatable bonds is 2. The van der Waals surface area contributed by atoms with Gasteiger partial charge < -0.3 is 5.32 Å². The fourth-order valence-corrected chi connectivity index (χ4v) is 2.30. The molecular weight excluding hydrogens is 250 g/mol. The smallest absolute Gasteiger partial charge is 0.254 e. The van der Waals surface area contributed by atoms with E-state index in [0.29, 0.717) is 12.8 Å². The van der Waals surface area contributed by atoms with Gasteiger partial charge in [0.2, 0.25) is 0 Å². The molecule has 0 bridgehead atoms. The molecular formula is C14H14F2N2O. The Morgan fingerprint density at radius 2 is 1.95 bits per heavy atom. The molecule has 1 N–H and O–H groups in total. The Labute approximate surface area is 110 Å². The lowest BCUT2D eigenvalue weighted by Crippen LogP contribution is -2.37. The molecule has 0 aliphatic heterocycles. The van der Waals surface area contributed by atoms with E-state index in [0.717, 1.165) is 31.0 Å². The zero-order chi connectivity index (χ0) is 13.8. The van der Waals surface area contributed by atoms with Gasteiger partial charge in [0.1, 0.15) is 11.6 Å². The SMILES string of the molecule is N#CC1CCC(NC(=O)c2cc(F)ccc2F)CC1. The number of nitrogens with zero attached hydrogens (tertiary/aromatic N) is 1. The van der Waals surface area contributed by atoms with Crippen LogP contribution >= 0.6 is 0 Å². The summed E-state index contributed by atoms with van der Waals surface area (Å²) in [5, 5.41) is 11.5. The standard InChI is InChI=1S/C14H14F2N2O/c15-10-3-6-13(16)12(7-10)14(19)18-11-4-1-9(8-17)2-5-11/h3,6-7,9,11H,1-2,4-5H2,(H,18,19). The van der Waals surface area contributed by atoms with Gasteiger partial charge in [-0.25, -0.2) is 8.78 Å². The molecule has 3 nitrogen and oxygen atoms in total. The molecule has 2 rings (SSSR count). The van der Waals surface area contributed by atoms with E-state index < -0.39 is 17.5 Å². The van der Waals surface area contributed by atoms with Crippen LogP contribution in [0.25, 0.3) is 0 Å². The molecule has 0 aromatic heterocycles. The average molecular weight is 264 g/mol. The first-order chi connectivity index (χ1) is 9.10. The number of halogens is 2. The van der Waals surface area contributed by atoms with Crippen LogP contribution < -0.4 is 5.32 Å². The van der Waals surface area contributed by atoms with E-state index in [2.05, 4.69) is 11.4 Å².